The second-order valence-electron chi connectivity index (χ2n) is 13.0. The smallest absolute Gasteiger partial charge is 0.160 e. The number of nitrogens with zero attached hydrogens (tertiary/aromatic N) is 3. The van der Waals surface area contributed by atoms with E-state index >= 15 is 0 Å². The first-order chi connectivity index (χ1) is 16.2. The van der Waals surface area contributed by atoms with Crippen LogP contribution in [0.1, 0.15) is 65.2 Å². The molecule has 5 nitrogen and oxygen atoms in total. The van der Waals surface area contributed by atoms with Crippen LogP contribution >= 0.6 is 0 Å². The summed E-state index contributed by atoms with van der Waals surface area (Å²) in [5, 5.41) is 19.5. The Hall–Kier alpha value is -1.82. The first-order valence-corrected chi connectivity index (χ1v) is 13.5. The van der Waals surface area contributed by atoms with E-state index in [2.05, 4.69) is 17.1 Å². The molecule has 10 atom stereocenters. The van der Waals surface area contributed by atoms with Gasteiger partial charge in [-0.05, 0) is 117 Å². The summed E-state index contributed by atoms with van der Waals surface area (Å²) in [5.74, 6) is 4.99. The standard InChI is InChI=1S/C28H36FN3O2/c1-27(34)9-7-17-15(13-27)3-5-19-18(17)8-10-28(2)25(19)20-12-21(20)26(28)24(33)14-32-30-22-6-4-16(29)11-23(22)31-32/h4,6,11,15,17-21,25-26,34H,3,5,7-10,12-14H2,1-2H3/t15-,17+,18-,19-,20-,21+,25-,26-,27-,28+/m1/s1. The van der Waals surface area contributed by atoms with E-state index in [1.807, 2.05) is 6.92 Å². The van der Waals surface area contributed by atoms with Crippen molar-refractivity contribution < 1.29 is 14.3 Å². The Balaban J connectivity index is 1.12. The summed E-state index contributed by atoms with van der Waals surface area (Å²) >= 11 is 0. The number of aromatic nitrogens is 3. The normalized spacial score (nSPS) is 46.9. The van der Waals surface area contributed by atoms with Crippen molar-refractivity contribution in [1.82, 2.24) is 15.0 Å². The van der Waals surface area contributed by atoms with Gasteiger partial charge in [0.1, 0.15) is 23.4 Å². The summed E-state index contributed by atoms with van der Waals surface area (Å²) in [4.78, 5) is 15.2. The van der Waals surface area contributed by atoms with Gasteiger partial charge in [-0.2, -0.15) is 15.0 Å². The van der Waals surface area contributed by atoms with Crippen LogP contribution in [-0.2, 0) is 11.3 Å². The molecule has 0 unspecified atom stereocenters. The first kappa shape index (κ1) is 21.5. The number of Topliss-reactive ketones (excluding diaryl/α,β-unsaturated/α-hetero) is 1. The Morgan fingerprint density at radius 1 is 1.03 bits per heavy atom. The van der Waals surface area contributed by atoms with Gasteiger partial charge in [-0.3, -0.25) is 4.79 Å². The molecule has 1 N–H and O–H groups in total. The third-order valence-electron chi connectivity index (χ3n) is 11.1. The van der Waals surface area contributed by atoms with Gasteiger partial charge in [-0.1, -0.05) is 6.92 Å². The number of halogens is 1. The zero-order valence-corrected chi connectivity index (χ0v) is 20.3. The lowest BCUT2D eigenvalue weighted by Crippen LogP contribution is -2.52. The predicted molar refractivity (Wildman–Crippen MR) is 126 cm³/mol. The van der Waals surface area contributed by atoms with E-state index in [0.717, 1.165) is 37.0 Å². The Morgan fingerprint density at radius 2 is 1.82 bits per heavy atom. The minimum Gasteiger partial charge on any atom is -0.390 e. The van der Waals surface area contributed by atoms with E-state index in [-0.39, 0.29) is 29.5 Å². The summed E-state index contributed by atoms with van der Waals surface area (Å²) < 4.78 is 13.6. The maximum absolute atomic E-state index is 13.7. The maximum atomic E-state index is 13.7. The lowest BCUT2D eigenvalue weighted by Gasteiger charge is -2.57. The van der Waals surface area contributed by atoms with Gasteiger partial charge < -0.3 is 5.11 Å². The zero-order chi connectivity index (χ0) is 23.4. The molecule has 182 valence electrons. The third kappa shape index (κ3) is 3.09. The monoisotopic (exact) mass is 465 g/mol. The van der Waals surface area contributed by atoms with Crippen LogP contribution in [0.2, 0.25) is 0 Å². The van der Waals surface area contributed by atoms with E-state index in [4.69, 9.17) is 0 Å². The molecule has 6 heteroatoms. The minimum atomic E-state index is -0.471. The van der Waals surface area contributed by atoms with Crippen molar-refractivity contribution in [2.75, 3.05) is 0 Å². The van der Waals surface area contributed by atoms with Crippen LogP contribution in [0.15, 0.2) is 18.2 Å². The van der Waals surface area contributed by atoms with Crippen LogP contribution in [0, 0.1) is 58.6 Å². The van der Waals surface area contributed by atoms with Crippen molar-refractivity contribution in [3.8, 4) is 0 Å². The third-order valence-corrected chi connectivity index (χ3v) is 11.1. The molecule has 0 bridgehead atoms. The molecule has 1 aromatic heterocycles. The fraction of sp³-hybridized carbons (Fsp3) is 0.750. The second kappa shape index (κ2) is 7.11. The van der Waals surface area contributed by atoms with E-state index in [1.165, 1.54) is 49.0 Å². The molecule has 1 aromatic carbocycles. The molecule has 0 spiro atoms. The molecule has 5 aliphatic carbocycles. The second-order valence-corrected chi connectivity index (χ2v) is 13.0. The number of fused-ring (bicyclic) bond motifs is 8. The molecule has 1 heterocycles. The summed E-state index contributed by atoms with van der Waals surface area (Å²) in [5.41, 5.74) is 0.771. The predicted octanol–water partition coefficient (Wildman–Crippen LogP) is 5.02. The fourth-order valence-electron chi connectivity index (χ4n) is 9.89. The van der Waals surface area contributed by atoms with E-state index in [9.17, 15) is 14.3 Å². The lowest BCUT2D eigenvalue weighted by molar-refractivity contribution is -0.136. The molecule has 34 heavy (non-hydrogen) atoms. The van der Waals surface area contributed by atoms with Crippen LogP contribution in [0.4, 0.5) is 4.39 Å². The number of hydrogen-bond donors (Lipinski definition) is 1. The highest BCUT2D eigenvalue weighted by molar-refractivity contribution is 5.83. The van der Waals surface area contributed by atoms with E-state index < -0.39 is 5.60 Å². The number of carbonyl (C=O) groups excluding carboxylic acids is 1. The number of aliphatic hydroxyl groups is 1. The molecular weight excluding hydrogens is 429 g/mol. The SMILES string of the molecule is C[C@@]1(O)CC[C@H]2[C@H](CC[C@@H]3[C@@H]2CC[C@@]2(C)[C@H]3[C@@H]3C[C@@H]3[C@@H]2C(=O)Cn2nc3ccc(F)cc3n2)C1. The molecule has 5 saturated carbocycles. The van der Waals surface area contributed by atoms with Gasteiger partial charge in [0.25, 0.3) is 0 Å². The molecule has 0 amide bonds. The van der Waals surface area contributed by atoms with Gasteiger partial charge in [0.2, 0.25) is 0 Å². The highest BCUT2D eigenvalue weighted by Crippen LogP contribution is 2.74. The number of carbonyl (C=O) groups is 1. The number of benzene rings is 1. The summed E-state index contributed by atoms with van der Waals surface area (Å²) in [6, 6.07) is 4.40. The average Bonchev–Trinajstić information content (AvgIpc) is 3.33. The highest BCUT2D eigenvalue weighted by Gasteiger charge is 2.70. The highest BCUT2D eigenvalue weighted by atomic mass is 19.1. The van der Waals surface area contributed by atoms with Gasteiger partial charge in [-0.25, -0.2) is 4.39 Å². The molecule has 0 aliphatic heterocycles. The van der Waals surface area contributed by atoms with Crippen molar-refractivity contribution >= 4 is 16.8 Å². The Kier molecular flexibility index (Phi) is 4.49. The van der Waals surface area contributed by atoms with Gasteiger partial charge in [0.05, 0.1) is 5.60 Å². The molecule has 2 aromatic rings. The number of rotatable bonds is 3. The zero-order valence-electron chi connectivity index (χ0n) is 20.3. The molecular formula is C28H36FN3O2. The summed E-state index contributed by atoms with van der Waals surface area (Å²) in [6.07, 6.45) is 9.25. The largest absolute Gasteiger partial charge is 0.390 e. The van der Waals surface area contributed by atoms with Gasteiger partial charge in [0.15, 0.2) is 5.78 Å². The van der Waals surface area contributed by atoms with Crippen molar-refractivity contribution in [3.05, 3.63) is 24.0 Å². The molecule has 5 fully saturated rings. The van der Waals surface area contributed by atoms with Gasteiger partial charge in [-0.15, -0.1) is 0 Å². The van der Waals surface area contributed by atoms with E-state index in [1.54, 1.807) is 6.07 Å². The average molecular weight is 466 g/mol. The van der Waals surface area contributed by atoms with Crippen molar-refractivity contribution in [2.45, 2.75) is 77.4 Å². The summed E-state index contributed by atoms with van der Waals surface area (Å²) in [7, 11) is 0. The molecule has 7 rings (SSSR count). The summed E-state index contributed by atoms with van der Waals surface area (Å²) in [6.45, 7) is 4.65. The van der Waals surface area contributed by atoms with Crippen LogP contribution in [0.3, 0.4) is 0 Å². The van der Waals surface area contributed by atoms with Crippen LogP contribution in [0.5, 0.6) is 0 Å². The van der Waals surface area contributed by atoms with Crippen molar-refractivity contribution in [1.29, 1.82) is 0 Å². The maximum Gasteiger partial charge on any atom is 0.160 e. The fourth-order valence-corrected chi connectivity index (χ4v) is 9.89. The minimum absolute atomic E-state index is 0.0948. The quantitative estimate of drug-likeness (QED) is 0.692. The van der Waals surface area contributed by atoms with Crippen LogP contribution in [0.25, 0.3) is 11.0 Å². The van der Waals surface area contributed by atoms with Crippen LogP contribution < -0.4 is 0 Å². The first-order valence-electron chi connectivity index (χ1n) is 13.5. The topological polar surface area (TPSA) is 68.0 Å². The van der Waals surface area contributed by atoms with Gasteiger partial charge >= 0.3 is 0 Å². The molecule has 0 saturated heterocycles. The lowest BCUT2D eigenvalue weighted by atomic mass is 9.48. The van der Waals surface area contributed by atoms with Crippen molar-refractivity contribution in [2.24, 2.45) is 52.8 Å². The number of hydrogen-bond acceptors (Lipinski definition) is 4. The van der Waals surface area contributed by atoms with Gasteiger partial charge in [0, 0.05) is 12.0 Å². The number of ketones is 1. The van der Waals surface area contributed by atoms with E-state index in [0.29, 0.717) is 34.7 Å². The Morgan fingerprint density at radius 3 is 2.68 bits per heavy atom. The Labute approximate surface area is 200 Å². The van der Waals surface area contributed by atoms with Crippen LogP contribution in [-0.4, -0.2) is 31.5 Å². The molecule has 5 aliphatic rings. The Bertz CT molecular complexity index is 1160. The van der Waals surface area contributed by atoms with Crippen molar-refractivity contribution in [3.63, 3.8) is 0 Å². The molecule has 0 radical (unpaired) electrons.